The van der Waals surface area contributed by atoms with E-state index in [2.05, 4.69) is 19.2 Å². The predicted octanol–water partition coefficient (Wildman–Crippen LogP) is 2.15. The molecule has 0 aromatic carbocycles. The van der Waals surface area contributed by atoms with Crippen molar-refractivity contribution < 1.29 is 20.1 Å². The third-order valence-corrected chi connectivity index (χ3v) is 10.1. The average molecular weight is 390 g/mol. The second-order valence-corrected chi connectivity index (χ2v) is 10.9. The lowest BCUT2D eigenvalue weighted by atomic mass is 9.42. The van der Waals surface area contributed by atoms with Crippen molar-refractivity contribution in [3.63, 3.8) is 0 Å². The summed E-state index contributed by atoms with van der Waals surface area (Å²) in [6, 6.07) is 0. The largest absolute Gasteiger partial charge is 0.393 e. The molecule has 1 heterocycles. The standard InChI is InChI=1S/C23H35NO4/c1-21-7-5-15(25)10-14(21)3-4-17-18(21)11-19(26)22(2)16(6-8-23(17,22)28)13-9-20(27)24-12-13/h9,14-19,25-26,28H,3-8,10-12H2,1-2H3,(H,24,27)/t14-,15+,16-,17-,18+,19-,21+,22+,23+/m1/s1. The summed E-state index contributed by atoms with van der Waals surface area (Å²) in [7, 11) is 0. The summed E-state index contributed by atoms with van der Waals surface area (Å²) in [4.78, 5) is 11.8. The maximum Gasteiger partial charge on any atom is 0.244 e. The molecule has 5 nitrogen and oxygen atoms in total. The van der Waals surface area contributed by atoms with Crippen LogP contribution in [0.3, 0.4) is 0 Å². The van der Waals surface area contributed by atoms with Crippen molar-refractivity contribution in [1.82, 2.24) is 5.32 Å². The van der Waals surface area contributed by atoms with Gasteiger partial charge in [-0.3, -0.25) is 4.79 Å². The average Bonchev–Trinajstić information content (AvgIpc) is 3.19. The van der Waals surface area contributed by atoms with Crippen molar-refractivity contribution in [3.8, 4) is 0 Å². The number of nitrogens with one attached hydrogen (secondary N) is 1. The molecule has 1 amide bonds. The SMILES string of the molecule is C[C@]12CC[C@H](O)C[C@H]1CC[C@@H]1[C@@H]2C[C@@H](O)[C@]2(C)[C@@H](C3=CC(=O)NC3)CC[C@]12O. The van der Waals surface area contributed by atoms with Gasteiger partial charge in [-0.05, 0) is 86.0 Å². The quantitative estimate of drug-likeness (QED) is 0.553. The molecule has 4 aliphatic carbocycles. The highest BCUT2D eigenvalue weighted by Gasteiger charge is 2.70. The zero-order valence-electron chi connectivity index (χ0n) is 17.2. The summed E-state index contributed by atoms with van der Waals surface area (Å²) < 4.78 is 0. The minimum absolute atomic E-state index is 0.0500. The Bertz CT molecular complexity index is 721. The summed E-state index contributed by atoms with van der Waals surface area (Å²) in [5, 5.41) is 36.7. The molecule has 0 radical (unpaired) electrons. The number of aliphatic hydroxyl groups is 3. The van der Waals surface area contributed by atoms with Gasteiger partial charge in [-0.25, -0.2) is 0 Å². The maximum atomic E-state index is 12.1. The molecule has 0 unspecified atom stereocenters. The van der Waals surface area contributed by atoms with Crippen molar-refractivity contribution >= 4 is 5.91 Å². The van der Waals surface area contributed by atoms with Crippen molar-refractivity contribution in [2.75, 3.05) is 6.54 Å². The molecule has 0 saturated heterocycles. The van der Waals surface area contributed by atoms with E-state index in [4.69, 9.17) is 0 Å². The fourth-order valence-corrected chi connectivity index (χ4v) is 8.46. The van der Waals surface area contributed by atoms with Crippen LogP contribution in [0.25, 0.3) is 0 Å². The lowest BCUT2D eigenvalue weighted by Gasteiger charge is -2.65. The Morgan fingerprint density at radius 3 is 2.54 bits per heavy atom. The second kappa shape index (κ2) is 6.05. The Hall–Kier alpha value is -0.910. The van der Waals surface area contributed by atoms with Gasteiger partial charge in [0.2, 0.25) is 5.91 Å². The Kier molecular flexibility index (Phi) is 4.12. The number of carbonyl (C=O) groups is 1. The smallest absolute Gasteiger partial charge is 0.244 e. The molecule has 5 heteroatoms. The fourth-order valence-electron chi connectivity index (χ4n) is 8.46. The van der Waals surface area contributed by atoms with Gasteiger partial charge in [0.05, 0.1) is 17.8 Å². The zero-order chi connectivity index (χ0) is 19.9. The molecule has 1 aliphatic heterocycles. The highest BCUT2D eigenvalue weighted by molar-refractivity contribution is 5.91. The van der Waals surface area contributed by atoms with E-state index in [0.717, 1.165) is 50.5 Å². The number of hydrogen-bond donors (Lipinski definition) is 4. The molecule has 0 bridgehead atoms. The molecular formula is C23H35NO4. The van der Waals surface area contributed by atoms with E-state index in [1.807, 2.05) is 0 Å². The molecule has 28 heavy (non-hydrogen) atoms. The first-order valence-electron chi connectivity index (χ1n) is 11.3. The molecule has 5 aliphatic rings. The molecule has 9 atom stereocenters. The number of hydrogen-bond acceptors (Lipinski definition) is 4. The molecule has 4 N–H and O–H groups in total. The summed E-state index contributed by atoms with van der Waals surface area (Å²) in [6.07, 6.45) is 7.98. The normalized spacial score (nSPS) is 55.8. The van der Waals surface area contributed by atoms with Crippen LogP contribution in [-0.4, -0.2) is 45.6 Å². The van der Waals surface area contributed by atoms with Gasteiger partial charge in [-0.15, -0.1) is 0 Å². The lowest BCUT2D eigenvalue weighted by Crippen LogP contribution is -2.67. The van der Waals surface area contributed by atoms with E-state index < -0.39 is 17.1 Å². The minimum Gasteiger partial charge on any atom is -0.393 e. The van der Waals surface area contributed by atoms with Crippen LogP contribution in [0.1, 0.15) is 65.2 Å². The molecule has 4 fully saturated rings. The minimum atomic E-state index is -0.878. The van der Waals surface area contributed by atoms with E-state index in [0.29, 0.717) is 24.8 Å². The van der Waals surface area contributed by atoms with Gasteiger partial charge < -0.3 is 20.6 Å². The van der Waals surface area contributed by atoms with Gasteiger partial charge in [-0.2, -0.15) is 0 Å². The van der Waals surface area contributed by atoms with Crippen LogP contribution in [0.15, 0.2) is 11.6 Å². The van der Waals surface area contributed by atoms with Gasteiger partial charge in [0.15, 0.2) is 0 Å². The van der Waals surface area contributed by atoms with Crippen LogP contribution in [0.4, 0.5) is 0 Å². The third-order valence-electron chi connectivity index (χ3n) is 10.1. The highest BCUT2D eigenvalue weighted by Crippen LogP contribution is 2.69. The van der Waals surface area contributed by atoms with E-state index in [1.54, 1.807) is 6.08 Å². The monoisotopic (exact) mass is 389 g/mol. The summed E-state index contributed by atoms with van der Waals surface area (Å²) in [5.74, 6) is 1.02. The van der Waals surface area contributed by atoms with Crippen molar-refractivity contribution in [3.05, 3.63) is 11.6 Å². The molecule has 4 saturated carbocycles. The number of carbonyl (C=O) groups excluding carboxylic acids is 1. The van der Waals surface area contributed by atoms with Gasteiger partial charge in [0.25, 0.3) is 0 Å². The van der Waals surface area contributed by atoms with Gasteiger partial charge in [-0.1, -0.05) is 13.8 Å². The van der Waals surface area contributed by atoms with E-state index >= 15 is 0 Å². The first-order chi connectivity index (χ1) is 13.2. The second-order valence-electron chi connectivity index (χ2n) is 10.9. The van der Waals surface area contributed by atoms with Gasteiger partial charge in [0, 0.05) is 18.0 Å². The lowest BCUT2D eigenvalue weighted by molar-refractivity contribution is -0.244. The molecule has 5 rings (SSSR count). The van der Waals surface area contributed by atoms with E-state index in [-0.39, 0.29) is 29.3 Å². The fraction of sp³-hybridized carbons (Fsp3) is 0.870. The summed E-state index contributed by atoms with van der Waals surface area (Å²) in [6.45, 7) is 4.98. The van der Waals surface area contributed by atoms with Crippen LogP contribution < -0.4 is 5.32 Å². The Balaban J connectivity index is 1.51. The Morgan fingerprint density at radius 1 is 1.04 bits per heavy atom. The Morgan fingerprint density at radius 2 is 1.82 bits per heavy atom. The molecule has 0 aromatic heterocycles. The molecule has 0 spiro atoms. The van der Waals surface area contributed by atoms with Crippen LogP contribution in [-0.2, 0) is 4.79 Å². The molecular weight excluding hydrogens is 354 g/mol. The van der Waals surface area contributed by atoms with Crippen molar-refractivity contribution in [2.24, 2.45) is 34.5 Å². The number of aliphatic hydroxyl groups excluding tert-OH is 2. The highest BCUT2D eigenvalue weighted by atomic mass is 16.3. The van der Waals surface area contributed by atoms with E-state index in [1.165, 1.54) is 0 Å². The van der Waals surface area contributed by atoms with Crippen LogP contribution in [0.5, 0.6) is 0 Å². The van der Waals surface area contributed by atoms with E-state index in [9.17, 15) is 20.1 Å². The van der Waals surface area contributed by atoms with Crippen molar-refractivity contribution in [2.45, 2.75) is 83.0 Å². The first kappa shape index (κ1) is 19.1. The predicted molar refractivity (Wildman–Crippen MR) is 105 cm³/mol. The van der Waals surface area contributed by atoms with Crippen LogP contribution >= 0.6 is 0 Å². The first-order valence-corrected chi connectivity index (χ1v) is 11.3. The van der Waals surface area contributed by atoms with Gasteiger partial charge >= 0.3 is 0 Å². The van der Waals surface area contributed by atoms with Gasteiger partial charge in [0.1, 0.15) is 0 Å². The number of fused-ring (bicyclic) bond motifs is 5. The topological polar surface area (TPSA) is 89.8 Å². The number of rotatable bonds is 1. The zero-order valence-corrected chi connectivity index (χ0v) is 17.2. The van der Waals surface area contributed by atoms with Crippen LogP contribution in [0.2, 0.25) is 0 Å². The molecule has 156 valence electrons. The van der Waals surface area contributed by atoms with Crippen molar-refractivity contribution in [1.29, 1.82) is 0 Å². The van der Waals surface area contributed by atoms with Crippen LogP contribution in [0, 0.1) is 34.5 Å². The maximum absolute atomic E-state index is 12.1. The third kappa shape index (κ3) is 2.27. The Labute approximate surface area is 167 Å². The number of amides is 1. The summed E-state index contributed by atoms with van der Waals surface area (Å²) >= 11 is 0. The molecule has 0 aromatic rings. The summed E-state index contributed by atoms with van der Waals surface area (Å²) in [5.41, 5.74) is -0.315.